The summed E-state index contributed by atoms with van der Waals surface area (Å²) in [5.41, 5.74) is -0.00862. The molecule has 5 nitrogen and oxygen atoms in total. The van der Waals surface area contributed by atoms with Crippen molar-refractivity contribution < 1.29 is 19.1 Å². The van der Waals surface area contributed by atoms with Gasteiger partial charge in [-0.3, -0.25) is 0 Å². The summed E-state index contributed by atoms with van der Waals surface area (Å²) in [6, 6.07) is 8.88. The Morgan fingerprint density at radius 3 is 2.54 bits per heavy atom. The first-order valence-electron chi connectivity index (χ1n) is 10.3. The quantitative estimate of drug-likeness (QED) is 0.463. The topological polar surface area (TPSA) is 55.8 Å². The third kappa shape index (κ3) is 7.02. The molecule has 1 unspecified atom stereocenters. The molecule has 0 N–H and O–H groups in total. The molecule has 1 saturated heterocycles. The van der Waals surface area contributed by atoms with Crippen LogP contribution in [0, 0.1) is 0 Å². The molecular formula is C23H33NO4. The number of piperidine rings is 1. The van der Waals surface area contributed by atoms with Crippen molar-refractivity contribution in [1.82, 2.24) is 4.90 Å². The van der Waals surface area contributed by atoms with Crippen molar-refractivity contribution >= 4 is 12.1 Å². The van der Waals surface area contributed by atoms with E-state index >= 15 is 0 Å². The van der Waals surface area contributed by atoms with Crippen molar-refractivity contribution in [2.45, 2.75) is 77.9 Å². The Bertz CT molecular complexity index is 676. The highest BCUT2D eigenvalue weighted by Gasteiger charge is 2.30. The molecule has 1 heterocycles. The lowest BCUT2D eigenvalue weighted by Crippen LogP contribution is -2.45. The summed E-state index contributed by atoms with van der Waals surface area (Å²) in [5.74, 6) is 0.277. The first-order valence-corrected chi connectivity index (χ1v) is 10.3. The van der Waals surface area contributed by atoms with Crippen molar-refractivity contribution in [2.75, 3.05) is 6.54 Å². The normalized spacial score (nSPS) is 17.9. The van der Waals surface area contributed by atoms with E-state index in [4.69, 9.17) is 9.47 Å². The molecule has 0 radical (unpaired) electrons. The van der Waals surface area contributed by atoms with E-state index in [1.807, 2.05) is 45.0 Å². The maximum absolute atomic E-state index is 12.6. The lowest BCUT2D eigenvalue weighted by atomic mass is 10.0. The van der Waals surface area contributed by atoms with Crippen LogP contribution in [0.4, 0.5) is 4.79 Å². The predicted molar refractivity (Wildman–Crippen MR) is 110 cm³/mol. The molecule has 1 aromatic carbocycles. The smallest absolute Gasteiger partial charge is 0.410 e. The average Bonchev–Trinajstić information content (AvgIpc) is 2.65. The molecule has 0 saturated carbocycles. The van der Waals surface area contributed by atoms with Gasteiger partial charge in [-0.25, -0.2) is 9.59 Å². The Morgan fingerprint density at radius 2 is 1.89 bits per heavy atom. The summed E-state index contributed by atoms with van der Waals surface area (Å²) in [4.78, 5) is 26.9. The number of ether oxygens (including phenoxy) is 2. The summed E-state index contributed by atoms with van der Waals surface area (Å²) in [5, 5.41) is 0. The van der Waals surface area contributed by atoms with E-state index in [-0.39, 0.29) is 18.1 Å². The number of allylic oxidation sites excluding steroid dienone is 1. The Balaban J connectivity index is 2.17. The maximum Gasteiger partial charge on any atom is 0.410 e. The fourth-order valence-electron chi connectivity index (χ4n) is 3.16. The monoisotopic (exact) mass is 387 g/mol. The number of esters is 1. The number of nitrogens with zero attached hydrogens (tertiary/aromatic N) is 1. The number of hydrogen-bond donors (Lipinski definition) is 0. The Hall–Kier alpha value is -2.30. The van der Waals surface area contributed by atoms with Crippen LogP contribution in [0.15, 0.2) is 42.2 Å². The highest BCUT2D eigenvalue weighted by Crippen LogP contribution is 2.24. The lowest BCUT2D eigenvalue weighted by Gasteiger charge is -2.35. The SMILES string of the molecule is CCCC/C(=C\C1CCCCN1C(=O)OC(C)(C)C)OC(=O)c1ccccc1. The number of rotatable bonds is 6. The molecule has 2 rings (SSSR count). The zero-order valence-electron chi connectivity index (χ0n) is 17.6. The number of carbonyl (C=O) groups is 2. The van der Waals surface area contributed by atoms with Gasteiger partial charge in [0.15, 0.2) is 0 Å². The number of carbonyl (C=O) groups excluding carboxylic acids is 2. The van der Waals surface area contributed by atoms with Gasteiger partial charge in [-0.15, -0.1) is 0 Å². The Kier molecular flexibility index (Phi) is 8.09. The van der Waals surface area contributed by atoms with Crippen LogP contribution in [0.25, 0.3) is 0 Å². The third-order valence-corrected chi connectivity index (χ3v) is 4.57. The minimum absolute atomic E-state index is 0.112. The zero-order valence-corrected chi connectivity index (χ0v) is 17.6. The molecule has 1 fully saturated rings. The van der Waals surface area contributed by atoms with Crippen LogP contribution < -0.4 is 0 Å². The first kappa shape index (κ1) is 22.0. The largest absolute Gasteiger partial charge is 0.444 e. The molecule has 154 valence electrons. The van der Waals surface area contributed by atoms with Gasteiger partial charge in [-0.05, 0) is 64.7 Å². The van der Waals surface area contributed by atoms with E-state index in [1.165, 1.54) is 0 Å². The molecule has 1 aliphatic rings. The molecule has 0 bridgehead atoms. The van der Waals surface area contributed by atoms with Gasteiger partial charge < -0.3 is 14.4 Å². The Labute approximate surface area is 168 Å². The molecule has 28 heavy (non-hydrogen) atoms. The summed E-state index contributed by atoms with van der Waals surface area (Å²) >= 11 is 0. The van der Waals surface area contributed by atoms with E-state index in [9.17, 15) is 9.59 Å². The molecule has 0 spiro atoms. The molecule has 0 aromatic heterocycles. The summed E-state index contributed by atoms with van der Waals surface area (Å²) in [6.07, 6.45) is 7.07. The van der Waals surface area contributed by atoms with Gasteiger partial charge in [0.1, 0.15) is 11.4 Å². The predicted octanol–water partition coefficient (Wildman–Crippen LogP) is 5.71. The average molecular weight is 388 g/mol. The van der Waals surface area contributed by atoms with Gasteiger partial charge >= 0.3 is 12.1 Å². The molecule has 1 atom stereocenters. The van der Waals surface area contributed by atoms with Crippen LogP contribution in [-0.2, 0) is 9.47 Å². The van der Waals surface area contributed by atoms with Gasteiger partial charge in [0, 0.05) is 13.0 Å². The number of hydrogen-bond acceptors (Lipinski definition) is 4. The van der Waals surface area contributed by atoms with Gasteiger partial charge in [-0.2, -0.15) is 0 Å². The first-order chi connectivity index (χ1) is 13.3. The van der Waals surface area contributed by atoms with Crippen LogP contribution >= 0.6 is 0 Å². The van der Waals surface area contributed by atoms with Gasteiger partial charge in [-0.1, -0.05) is 31.5 Å². The number of likely N-dealkylation sites (tertiary alicyclic amines) is 1. The van der Waals surface area contributed by atoms with E-state index < -0.39 is 5.60 Å². The van der Waals surface area contributed by atoms with Gasteiger partial charge in [0.2, 0.25) is 0 Å². The number of amides is 1. The summed E-state index contributed by atoms with van der Waals surface area (Å²) < 4.78 is 11.3. The van der Waals surface area contributed by atoms with E-state index in [1.54, 1.807) is 17.0 Å². The van der Waals surface area contributed by atoms with Crippen LogP contribution in [0.3, 0.4) is 0 Å². The van der Waals surface area contributed by atoms with Crippen LogP contribution in [-0.4, -0.2) is 35.2 Å². The second-order valence-corrected chi connectivity index (χ2v) is 8.23. The van der Waals surface area contributed by atoms with Gasteiger partial charge in [0.05, 0.1) is 11.6 Å². The van der Waals surface area contributed by atoms with Crippen molar-refractivity contribution in [3.63, 3.8) is 0 Å². The molecule has 1 amide bonds. The van der Waals surface area contributed by atoms with Gasteiger partial charge in [0.25, 0.3) is 0 Å². The van der Waals surface area contributed by atoms with Crippen LogP contribution in [0.1, 0.15) is 76.6 Å². The van der Waals surface area contributed by atoms with Crippen molar-refractivity contribution in [1.29, 1.82) is 0 Å². The van der Waals surface area contributed by atoms with Crippen molar-refractivity contribution in [2.24, 2.45) is 0 Å². The third-order valence-electron chi connectivity index (χ3n) is 4.57. The zero-order chi connectivity index (χ0) is 20.6. The van der Waals surface area contributed by atoms with Crippen LogP contribution in [0.5, 0.6) is 0 Å². The molecule has 5 heteroatoms. The standard InChI is InChI=1S/C23H33NO4/c1-5-6-15-20(27-21(25)18-12-8-7-9-13-18)17-19-14-10-11-16-24(19)22(26)28-23(2,3)4/h7-9,12-13,17,19H,5-6,10-11,14-16H2,1-4H3/b20-17+. The fraction of sp³-hybridized carbons (Fsp3) is 0.565. The molecule has 1 aromatic rings. The van der Waals surface area contributed by atoms with E-state index in [0.29, 0.717) is 24.3 Å². The number of benzene rings is 1. The lowest BCUT2D eigenvalue weighted by molar-refractivity contribution is 0.0146. The van der Waals surface area contributed by atoms with E-state index in [0.717, 1.165) is 32.1 Å². The van der Waals surface area contributed by atoms with Crippen LogP contribution in [0.2, 0.25) is 0 Å². The fourth-order valence-corrected chi connectivity index (χ4v) is 3.16. The van der Waals surface area contributed by atoms with Crippen molar-refractivity contribution in [3.05, 3.63) is 47.7 Å². The second kappa shape index (κ2) is 10.3. The molecule has 0 aliphatic carbocycles. The highest BCUT2D eigenvalue weighted by atomic mass is 16.6. The summed E-state index contributed by atoms with van der Waals surface area (Å²) in [6.45, 7) is 8.37. The highest BCUT2D eigenvalue weighted by molar-refractivity contribution is 5.90. The van der Waals surface area contributed by atoms with Crippen molar-refractivity contribution in [3.8, 4) is 0 Å². The molecule has 1 aliphatic heterocycles. The minimum atomic E-state index is -0.534. The van der Waals surface area contributed by atoms with E-state index in [2.05, 4.69) is 6.92 Å². The molecular weight excluding hydrogens is 354 g/mol. The number of unbranched alkanes of at least 4 members (excludes halogenated alkanes) is 1. The summed E-state index contributed by atoms with van der Waals surface area (Å²) in [7, 11) is 0. The minimum Gasteiger partial charge on any atom is -0.444 e. The maximum atomic E-state index is 12.6. The Morgan fingerprint density at radius 1 is 1.18 bits per heavy atom. The second-order valence-electron chi connectivity index (χ2n) is 8.23.